The summed E-state index contributed by atoms with van der Waals surface area (Å²) in [5.74, 6) is -5.20. The van der Waals surface area contributed by atoms with Crippen molar-refractivity contribution in [2.45, 2.75) is 26.9 Å². The molecule has 0 bridgehead atoms. The molecular weight excluding hydrogens is 185 g/mol. The number of halogens is 3. The Balaban J connectivity index is 4.54. The van der Waals surface area contributed by atoms with E-state index in [0.717, 1.165) is 0 Å². The second-order valence-electron chi connectivity index (χ2n) is 3.15. The van der Waals surface area contributed by atoms with Gasteiger partial charge in [0, 0.05) is 5.92 Å². The topological polar surface area (TPSA) is 34.1 Å². The van der Waals surface area contributed by atoms with Crippen molar-refractivity contribution in [3.8, 4) is 0 Å². The van der Waals surface area contributed by atoms with Gasteiger partial charge in [-0.05, 0) is 6.92 Å². The highest BCUT2D eigenvalue weighted by Crippen LogP contribution is 2.27. The molecule has 0 aliphatic carbocycles. The van der Waals surface area contributed by atoms with Gasteiger partial charge in [0.25, 0.3) is 0 Å². The van der Waals surface area contributed by atoms with E-state index < -0.39 is 29.6 Å². The summed E-state index contributed by atoms with van der Waals surface area (Å²) < 4.78 is 35.9. The molecule has 0 aromatic heterocycles. The van der Waals surface area contributed by atoms with Gasteiger partial charge in [-0.15, -0.1) is 0 Å². The van der Waals surface area contributed by atoms with E-state index in [1.54, 1.807) is 0 Å². The number of hydrogen-bond donors (Lipinski definition) is 0. The first kappa shape index (κ1) is 12.1. The minimum atomic E-state index is -4.62. The van der Waals surface area contributed by atoms with Gasteiger partial charge in [0.1, 0.15) is 5.92 Å². The lowest BCUT2D eigenvalue weighted by molar-refractivity contribution is -0.179. The standard InChI is InChI=1S/C8H11F3O2/c1-4(2)6(12)7(13)5(3)8(9,10)11/h4-5H,1-3H3. The maximum Gasteiger partial charge on any atom is 0.398 e. The zero-order valence-electron chi connectivity index (χ0n) is 7.61. The Morgan fingerprint density at radius 1 is 1.00 bits per heavy atom. The highest BCUT2D eigenvalue weighted by atomic mass is 19.4. The van der Waals surface area contributed by atoms with Gasteiger partial charge in [0.05, 0.1) is 0 Å². The summed E-state index contributed by atoms with van der Waals surface area (Å²) in [4.78, 5) is 21.7. The van der Waals surface area contributed by atoms with Gasteiger partial charge in [0.15, 0.2) is 0 Å². The summed E-state index contributed by atoms with van der Waals surface area (Å²) in [7, 11) is 0. The van der Waals surface area contributed by atoms with Crippen LogP contribution in [-0.2, 0) is 9.59 Å². The SMILES string of the molecule is CC(C)C(=O)C(=O)C(C)C(F)(F)F. The van der Waals surface area contributed by atoms with Gasteiger partial charge in [-0.1, -0.05) is 13.8 Å². The van der Waals surface area contributed by atoms with E-state index in [0.29, 0.717) is 6.92 Å². The highest BCUT2D eigenvalue weighted by molar-refractivity contribution is 6.38. The first-order valence-electron chi connectivity index (χ1n) is 3.82. The lowest BCUT2D eigenvalue weighted by Gasteiger charge is -2.14. The summed E-state index contributed by atoms with van der Waals surface area (Å²) in [6, 6.07) is 0. The van der Waals surface area contributed by atoms with Crippen LogP contribution in [0.1, 0.15) is 20.8 Å². The molecule has 2 nitrogen and oxygen atoms in total. The summed E-state index contributed by atoms with van der Waals surface area (Å²) in [5, 5.41) is 0. The molecule has 0 saturated carbocycles. The summed E-state index contributed by atoms with van der Waals surface area (Å²) in [6.07, 6.45) is -4.62. The quantitative estimate of drug-likeness (QED) is 0.647. The number of Topliss-reactive ketones (excluding diaryl/α,β-unsaturated/α-hetero) is 2. The van der Waals surface area contributed by atoms with E-state index in [1.807, 2.05) is 0 Å². The number of carbonyl (C=O) groups is 2. The van der Waals surface area contributed by atoms with Crippen molar-refractivity contribution in [1.29, 1.82) is 0 Å². The molecule has 5 heteroatoms. The lowest BCUT2D eigenvalue weighted by atomic mass is 9.96. The number of alkyl halides is 3. The molecule has 0 amide bonds. The van der Waals surface area contributed by atoms with Gasteiger partial charge in [-0.2, -0.15) is 13.2 Å². The molecule has 0 heterocycles. The highest BCUT2D eigenvalue weighted by Gasteiger charge is 2.43. The molecule has 0 fully saturated rings. The van der Waals surface area contributed by atoms with Crippen LogP contribution in [0.5, 0.6) is 0 Å². The molecule has 0 spiro atoms. The van der Waals surface area contributed by atoms with Crippen LogP contribution in [-0.4, -0.2) is 17.7 Å². The van der Waals surface area contributed by atoms with Crippen LogP contribution < -0.4 is 0 Å². The Morgan fingerprint density at radius 3 is 1.62 bits per heavy atom. The number of hydrogen-bond acceptors (Lipinski definition) is 2. The van der Waals surface area contributed by atoms with Crippen molar-refractivity contribution in [2.75, 3.05) is 0 Å². The van der Waals surface area contributed by atoms with Crippen LogP contribution in [0.15, 0.2) is 0 Å². The van der Waals surface area contributed by atoms with Gasteiger partial charge in [-0.3, -0.25) is 9.59 Å². The predicted molar refractivity (Wildman–Crippen MR) is 40.1 cm³/mol. The van der Waals surface area contributed by atoms with Gasteiger partial charge in [-0.25, -0.2) is 0 Å². The maximum atomic E-state index is 12.0. The monoisotopic (exact) mass is 196 g/mol. The van der Waals surface area contributed by atoms with Crippen LogP contribution in [0.2, 0.25) is 0 Å². The van der Waals surface area contributed by atoms with Crippen molar-refractivity contribution in [3.05, 3.63) is 0 Å². The number of rotatable bonds is 3. The third-order valence-electron chi connectivity index (χ3n) is 1.65. The fraction of sp³-hybridized carbons (Fsp3) is 0.750. The molecule has 0 radical (unpaired) electrons. The molecule has 1 atom stereocenters. The Bertz CT molecular complexity index is 218. The number of carbonyl (C=O) groups excluding carboxylic acids is 2. The zero-order chi connectivity index (χ0) is 10.8. The van der Waals surface area contributed by atoms with E-state index in [2.05, 4.69) is 0 Å². The molecule has 0 N–H and O–H groups in total. The van der Waals surface area contributed by atoms with Crippen LogP contribution >= 0.6 is 0 Å². The average Bonchev–Trinajstić information content (AvgIpc) is 1.98. The Kier molecular flexibility index (Phi) is 3.63. The van der Waals surface area contributed by atoms with E-state index in [4.69, 9.17) is 0 Å². The molecule has 0 aliphatic heterocycles. The Morgan fingerprint density at radius 2 is 1.38 bits per heavy atom. The van der Waals surface area contributed by atoms with Gasteiger partial charge < -0.3 is 0 Å². The molecule has 1 unspecified atom stereocenters. The van der Waals surface area contributed by atoms with Crippen molar-refractivity contribution < 1.29 is 22.8 Å². The minimum absolute atomic E-state index is 0.683. The second kappa shape index (κ2) is 3.89. The normalized spacial score (nSPS) is 14.4. The fourth-order valence-corrected chi connectivity index (χ4v) is 0.647. The zero-order valence-corrected chi connectivity index (χ0v) is 7.61. The maximum absolute atomic E-state index is 12.0. The predicted octanol–water partition coefficient (Wildman–Crippen LogP) is 1.98. The van der Waals surface area contributed by atoms with Crippen LogP contribution in [0.4, 0.5) is 13.2 Å². The van der Waals surface area contributed by atoms with Gasteiger partial charge >= 0.3 is 6.18 Å². The van der Waals surface area contributed by atoms with E-state index >= 15 is 0 Å². The van der Waals surface area contributed by atoms with Crippen LogP contribution in [0.3, 0.4) is 0 Å². The summed E-state index contributed by atoms with van der Waals surface area (Å²) in [6.45, 7) is 3.48. The molecule has 13 heavy (non-hydrogen) atoms. The molecule has 0 rings (SSSR count). The van der Waals surface area contributed by atoms with Crippen LogP contribution in [0, 0.1) is 11.8 Å². The van der Waals surface area contributed by atoms with Crippen molar-refractivity contribution >= 4 is 11.6 Å². The van der Waals surface area contributed by atoms with Crippen molar-refractivity contribution in [3.63, 3.8) is 0 Å². The Hall–Kier alpha value is -0.870. The fourth-order valence-electron chi connectivity index (χ4n) is 0.647. The number of ketones is 2. The molecule has 76 valence electrons. The first-order chi connectivity index (χ1) is 5.68. The Labute approximate surface area is 74.1 Å². The average molecular weight is 196 g/mol. The molecule has 0 aromatic rings. The summed E-state index contributed by atoms with van der Waals surface area (Å²) >= 11 is 0. The van der Waals surface area contributed by atoms with Crippen molar-refractivity contribution in [1.82, 2.24) is 0 Å². The molecule has 0 aliphatic rings. The smallest absolute Gasteiger partial charge is 0.291 e. The third-order valence-corrected chi connectivity index (χ3v) is 1.65. The van der Waals surface area contributed by atoms with E-state index in [-0.39, 0.29) is 0 Å². The summed E-state index contributed by atoms with van der Waals surface area (Å²) in [5.41, 5.74) is 0. The van der Waals surface area contributed by atoms with E-state index in [1.165, 1.54) is 13.8 Å². The minimum Gasteiger partial charge on any atom is -0.291 e. The van der Waals surface area contributed by atoms with E-state index in [9.17, 15) is 22.8 Å². The van der Waals surface area contributed by atoms with Crippen LogP contribution in [0.25, 0.3) is 0 Å². The second-order valence-corrected chi connectivity index (χ2v) is 3.15. The lowest BCUT2D eigenvalue weighted by Crippen LogP contribution is -2.35. The van der Waals surface area contributed by atoms with Gasteiger partial charge in [0.2, 0.25) is 11.6 Å². The van der Waals surface area contributed by atoms with Crippen molar-refractivity contribution in [2.24, 2.45) is 11.8 Å². The molecule has 0 saturated heterocycles. The molecule has 0 aromatic carbocycles. The molecular formula is C8H11F3O2. The largest absolute Gasteiger partial charge is 0.398 e. The first-order valence-corrected chi connectivity index (χ1v) is 3.82. The third kappa shape index (κ3) is 3.16.